The Morgan fingerprint density at radius 2 is 2.14 bits per heavy atom. The molecule has 0 aromatic carbocycles. The lowest BCUT2D eigenvalue weighted by molar-refractivity contribution is 0.518. The summed E-state index contributed by atoms with van der Waals surface area (Å²) in [7, 11) is 1.49. The van der Waals surface area contributed by atoms with Gasteiger partial charge in [-0.2, -0.15) is 0 Å². The Kier molecular flexibility index (Phi) is 2.26. The summed E-state index contributed by atoms with van der Waals surface area (Å²) >= 11 is 4.14. The predicted octanol–water partition coefficient (Wildman–Crippen LogP) is 0.246. The molecule has 1 aromatic rings. The van der Waals surface area contributed by atoms with Gasteiger partial charge in [-0.1, -0.05) is 0 Å². The van der Waals surface area contributed by atoms with Crippen molar-refractivity contribution < 1.29 is 0 Å². The van der Waals surface area contributed by atoms with Gasteiger partial charge in [0, 0.05) is 19.7 Å². The highest BCUT2D eigenvalue weighted by Gasteiger charge is 2.23. The normalized spacial score (nSPS) is 15.9. The molecule has 14 heavy (non-hydrogen) atoms. The monoisotopic (exact) mass is 212 g/mol. The minimum atomic E-state index is -0.299. The summed E-state index contributed by atoms with van der Waals surface area (Å²) in [5.74, 6) is 0.594. The van der Waals surface area contributed by atoms with Gasteiger partial charge >= 0.3 is 5.69 Å². The maximum absolute atomic E-state index is 11.7. The van der Waals surface area contributed by atoms with Gasteiger partial charge in [-0.05, 0) is 18.8 Å². The summed E-state index contributed by atoms with van der Waals surface area (Å²) in [5, 5.41) is 0.463. The van der Waals surface area contributed by atoms with Crippen molar-refractivity contribution in [3.63, 3.8) is 0 Å². The van der Waals surface area contributed by atoms with Crippen molar-refractivity contribution in [1.29, 1.82) is 0 Å². The van der Waals surface area contributed by atoms with Crippen LogP contribution in [0.3, 0.4) is 0 Å². The number of hydrogen-bond acceptors (Lipinski definition) is 3. The average molecular weight is 212 g/mol. The van der Waals surface area contributed by atoms with Crippen molar-refractivity contribution in [1.82, 2.24) is 9.13 Å². The lowest BCUT2D eigenvalue weighted by Gasteiger charge is -2.08. The van der Waals surface area contributed by atoms with Crippen LogP contribution in [0.15, 0.2) is 20.7 Å². The molecule has 1 aliphatic rings. The molecule has 0 amide bonds. The number of aromatic nitrogens is 2. The van der Waals surface area contributed by atoms with E-state index in [1.54, 1.807) is 4.57 Å². The molecule has 5 heteroatoms. The van der Waals surface area contributed by atoms with E-state index in [-0.39, 0.29) is 11.2 Å². The van der Waals surface area contributed by atoms with E-state index in [0.717, 1.165) is 4.57 Å². The molecule has 76 valence electrons. The summed E-state index contributed by atoms with van der Waals surface area (Å²) in [6, 6.07) is 1.38. The van der Waals surface area contributed by atoms with Crippen molar-refractivity contribution in [2.45, 2.75) is 24.4 Å². The molecular weight excluding hydrogens is 200 g/mol. The van der Waals surface area contributed by atoms with E-state index in [9.17, 15) is 9.59 Å². The Morgan fingerprint density at radius 3 is 2.71 bits per heavy atom. The molecule has 0 unspecified atom stereocenters. The standard InChI is InChI=1S/C9H12N2O2S/c1-10-7(12)4-8(14)11(9(10)13)5-6-2-3-6/h4,6,14H,2-3,5H2,1H3. The highest BCUT2D eigenvalue weighted by atomic mass is 32.1. The second-order valence-electron chi connectivity index (χ2n) is 3.74. The first-order chi connectivity index (χ1) is 6.59. The van der Waals surface area contributed by atoms with Crippen molar-refractivity contribution in [2.24, 2.45) is 13.0 Å². The van der Waals surface area contributed by atoms with Crippen LogP contribution < -0.4 is 11.2 Å². The zero-order valence-corrected chi connectivity index (χ0v) is 8.83. The number of rotatable bonds is 2. The molecule has 4 nitrogen and oxygen atoms in total. The quantitative estimate of drug-likeness (QED) is 0.564. The smallest absolute Gasteiger partial charge is 0.288 e. The SMILES string of the molecule is Cn1c(=O)cc(S)n(CC2CC2)c1=O. The van der Waals surface area contributed by atoms with E-state index in [2.05, 4.69) is 12.6 Å². The van der Waals surface area contributed by atoms with Gasteiger partial charge in [0.05, 0.1) is 5.03 Å². The number of hydrogen-bond donors (Lipinski definition) is 1. The van der Waals surface area contributed by atoms with E-state index >= 15 is 0 Å². The summed E-state index contributed by atoms with van der Waals surface area (Å²) in [4.78, 5) is 22.9. The minimum Gasteiger partial charge on any atom is -0.288 e. The van der Waals surface area contributed by atoms with E-state index in [1.807, 2.05) is 0 Å². The van der Waals surface area contributed by atoms with Crippen LogP contribution in [-0.4, -0.2) is 9.13 Å². The van der Waals surface area contributed by atoms with Crippen LogP contribution >= 0.6 is 12.6 Å². The van der Waals surface area contributed by atoms with Gasteiger partial charge in [0.2, 0.25) is 0 Å². The van der Waals surface area contributed by atoms with Gasteiger partial charge in [-0.15, -0.1) is 12.6 Å². The van der Waals surface area contributed by atoms with Gasteiger partial charge in [-0.25, -0.2) is 4.79 Å². The van der Waals surface area contributed by atoms with Crippen LogP contribution in [0.5, 0.6) is 0 Å². The first kappa shape index (κ1) is 9.58. The third kappa shape index (κ3) is 1.64. The maximum Gasteiger partial charge on any atom is 0.331 e. The highest BCUT2D eigenvalue weighted by Crippen LogP contribution is 2.30. The van der Waals surface area contributed by atoms with Gasteiger partial charge < -0.3 is 0 Å². The molecule has 1 aromatic heterocycles. The molecule has 1 fully saturated rings. The Labute approximate surface area is 86.6 Å². The molecule has 1 saturated carbocycles. The van der Waals surface area contributed by atoms with Crippen molar-refractivity contribution in [3.8, 4) is 0 Å². The molecule has 0 spiro atoms. The van der Waals surface area contributed by atoms with Crippen LogP contribution in [0, 0.1) is 5.92 Å². The zero-order valence-electron chi connectivity index (χ0n) is 7.93. The lowest BCUT2D eigenvalue weighted by Crippen LogP contribution is -2.38. The van der Waals surface area contributed by atoms with Crippen LogP contribution in [0.2, 0.25) is 0 Å². The number of thiol groups is 1. The molecule has 0 saturated heterocycles. The van der Waals surface area contributed by atoms with Crippen LogP contribution in [-0.2, 0) is 13.6 Å². The van der Waals surface area contributed by atoms with Gasteiger partial charge in [0.15, 0.2) is 0 Å². The fourth-order valence-corrected chi connectivity index (χ4v) is 1.67. The van der Waals surface area contributed by atoms with Crippen molar-refractivity contribution >= 4 is 12.6 Å². The third-order valence-corrected chi connectivity index (χ3v) is 2.89. The Balaban J connectivity index is 2.52. The molecule has 0 bridgehead atoms. The second-order valence-corrected chi connectivity index (χ2v) is 4.19. The summed E-state index contributed by atoms with van der Waals surface area (Å²) in [6.45, 7) is 0.686. The van der Waals surface area contributed by atoms with Gasteiger partial charge in [0.1, 0.15) is 0 Å². The molecule has 1 heterocycles. The van der Waals surface area contributed by atoms with E-state index in [4.69, 9.17) is 0 Å². The van der Waals surface area contributed by atoms with Crippen LogP contribution in [0.4, 0.5) is 0 Å². The third-order valence-electron chi connectivity index (χ3n) is 2.52. The van der Waals surface area contributed by atoms with Crippen LogP contribution in [0.25, 0.3) is 0 Å². The summed E-state index contributed by atoms with van der Waals surface area (Å²) in [5.41, 5.74) is -0.568. The Bertz CT molecular complexity index is 471. The lowest BCUT2D eigenvalue weighted by atomic mass is 10.4. The zero-order chi connectivity index (χ0) is 10.3. The predicted molar refractivity (Wildman–Crippen MR) is 55.9 cm³/mol. The molecule has 0 aliphatic heterocycles. The highest BCUT2D eigenvalue weighted by molar-refractivity contribution is 7.80. The van der Waals surface area contributed by atoms with Gasteiger partial charge in [0.25, 0.3) is 5.56 Å². The first-order valence-corrected chi connectivity index (χ1v) is 5.04. The van der Waals surface area contributed by atoms with E-state index in [1.165, 1.54) is 26.0 Å². The van der Waals surface area contributed by atoms with Gasteiger partial charge in [-0.3, -0.25) is 13.9 Å². The summed E-state index contributed by atoms with van der Waals surface area (Å²) in [6.07, 6.45) is 2.34. The molecule has 1 aliphatic carbocycles. The minimum absolute atomic E-state index is 0.269. The van der Waals surface area contributed by atoms with E-state index < -0.39 is 0 Å². The Hall–Kier alpha value is -0.970. The molecule has 0 radical (unpaired) electrons. The van der Waals surface area contributed by atoms with Crippen molar-refractivity contribution in [2.75, 3.05) is 0 Å². The molecule has 2 rings (SSSR count). The van der Waals surface area contributed by atoms with E-state index in [0.29, 0.717) is 17.5 Å². The maximum atomic E-state index is 11.7. The first-order valence-electron chi connectivity index (χ1n) is 4.59. The summed E-state index contributed by atoms with van der Waals surface area (Å²) < 4.78 is 2.67. The molecular formula is C9H12N2O2S. The Morgan fingerprint density at radius 1 is 1.50 bits per heavy atom. The average Bonchev–Trinajstić information content (AvgIpc) is 2.92. The fraction of sp³-hybridized carbons (Fsp3) is 0.556. The molecule has 0 atom stereocenters. The van der Waals surface area contributed by atoms with Crippen LogP contribution in [0.1, 0.15) is 12.8 Å². The topological polar surface area (TPSA) is 44.0 Å². The number of nitrogens with zero attached hydrogens (tertiary/aromatic N) is 2. The molecule has 0 N–H and O–H groups in total. The largest absolute Gasteiger partial charge is 0.331 e. The second kappa shape index (κ2) is 3.31. The van der Waals surface area contributed by atoms with Crippen molar-refractivity contribution in [3.05, 3.63) is 26.9 Å². The fourth-order valence-electron chi connectivity index (χ4n) is 1.39.